The van der Waals surface area contributed by atoms with Crippen LogP contribution in [0.1, 0.15) is 72.6 Å². The minimum absolute atomic E-state index is 0.0862. The van der Waals surface area contributed by atoms with Crippen LogP contribution in [0.25, 0.3) is 0 Å². The fraction of sp³-hybridized carbons (Fsp3) is 0.690. The first-order valence-electron chi connectivity index (χ1n) is 14.2. The molecular weight excluding hydrogens is 486 g/mol. The van der Waals surface area contributed by atoms with Crippen molar-refractivity contribution in [3.8, 4) is 5.75 Å². The number of anilines is 1. The van der Waals surface area contributed by atoms with Gasteiger partial charge in [-0.3, -0.25) is 14.4 Å². The number of unbranched alkanes of at least 4 members (excludes halogenated alkanes) is 3. The van der Waals surface area contributed by atoms with E-state index in [9.17, 15) is 14.4 Å². The third kappa shape index (κ3) is 5.02. The van der Waals surface area contributed by atoms with E-state index < -0.39 is 29.1 Å². The first-order chi connectivity index (χ1) is 18.2. The molecular formula is C29H43N3O6. The normalized spacial score (nSPS) is 29.6. The van der Waals surface area contributed by atoms with Gasteiger partial charge in [-0.2, -0.15) is 0 Å². The van der Waals surface area contributed by atoms with Crippen molar-refractivity contribution >= 4 is 23.4 Å². The summed E-state index contributed by atoms with van der Waals surface area (Å²) in [6, 6.07) is 6.34. The predicted octanol–water partition coefficient (Wildman–Crippen LogP) is 3.26. The summed E-state index contributed by atoms with van der Waals surface area (Å²) in [5.74, 6) is -1.31. The summed E-state index contributed by atoms with van der Waals surface area (Å²) >= 11 is 0. The van der Waals surface area contributed by atoms with Crippen molar-refractivity contribution in [1.82, 2.24) is 10.2 Å². The fourth-order valence-corrected chi connectivity index (χ4v) is 6.79. The maximum Gasteiger partial charge on any atom is 0.246 e. The van der Waals surface area contributed by atoms with Crippen LogP contribution in [0.5, 0.6) is 5.75 Å². The number of carbonyl (C=O) groups is 3. The number of hydrogen-bond donors (Lipinski definition) is 3. The Kier molecular flexibility index (Phi) is 8.67. The Morgan fingerprint density at radius 3 is 2.45 bits per heavy atom. The summed E-state index contributed by atoms with van der Waals surface area (Å²) in [7, 11) is 0. The smallest absolute Gasteiger partial charge is 0.246 e. The molecule has 1 aromatic carbocycles. The Morgan fingerprint density at radius 2 is 1.82 bits per heavy atom. The largest absolute Gasteiger partial charge is 0.494 e. The van der Waals surface area contributed by atoms with Gasteiger partial charge in [0.05, 0.1) is 24.0 Å². The number of aliphatic hydroxyl groups is 1. The highest BCUT2D eigenvalue weighted by Crippen LogP contribution is 2.64. The SMILES string of the molecule is CCOc1ccc(NC(=O)[C@H]2[C@H]3C(=O)N(CCCCCCO)C(C(=O)NC(C)C)C34CC[C@]2(CC)O4)cc1. The Labute approximate surface area is 225 Å². The van der Waals surface area contributed by atoms with Gasteiger partial charge in [0.25, 0.3) is 0 Å². The van der Waals surface area contributed by atoms with Crippen molar-refractivity contribution in [2.24, 2.45) is 11.8 Å². The number of carbonyl (C=O) groups excluding carboxylic acids is 3. The van der Waals surface area contributed by atoms with Crippen molar-refractivity contribution in [1.29, 1.82) is 0 Å². The van der Waals surface area contributed by atoms with Gasteiger partial charge in [-0.15, -0.1) is 0 Å². The lowest BCUT2D eigenvalue weighted by Crippen LogP contribution is -2.56. The highest BCUT2D eigenvalue weighted by Gasteiger charge is 2.78. The van der Waals surface area contributed by atoms with Crippen LogP contribution in [0.2, 0.25) is 0 Å². The maximum absolute atomic E-state index is 14.1. The molecule has 2 unspecified atom stereocenters. The van der Waals surface area contributed by atoms with Gasteiger partial charge in [0.2, 0.25) is 17.7 Å². The summed E-state index contributed by atoms with van der Waals surface area (Å²) in [6.45, 7) is 8.83. The number of nitrogens with zero attached hydrogens (tertiary/aromatic N) is 1. The number of likely N-dealkylation sites (tertiary alicyclic amines) is 1. The number of hydrogen-bond acceptors (Lipinski definition) is 6. The van der Waals surface area contributed by atoms with Gasteiger partial charge < -0.3 is 30.1 Å². The maximum atomic E-state index is 14.1. The molecule has 3 amide bonds. The molecule has 3 heterocycles. The van der Waals surface area contributed by atoms with E-state index in [0.717, 1.165) is 25.0 Å². The zero-order valence-corrected chi connectivity index (χ0v) is 23.1. The summed E-state index contributed by atoms with van der Waals surface area (Å²) in [6.07, 6.45) is 4.93. The Bertz CT molecular complexity index is 1010. The van der Waals surface area contributed by atoms with Crippen molar-refractivity contribution in [3.63, 3.8) is 0 Å². The van der Waals surface area contributed by atoms with E-state index in [2.05, 4.69) is 10.6 Å². The highest BCUT2D eigenvalue weighted by atomic mass is 16.5. The van der Waals surface area contributed by atoms with Gasteiger partial charge in [-0.25, -0.2) is 0 Å². The zero-order valence-electron chi connectivity index (χ0n) is 23.1. The number of aliphatic hydroxyl groups excluding tert-OH is 1. The summed E-state index contributed by atoms with van der Waals surface area (Å²) < 4.78 is 12.3. The van der Waals surface area contributed by atoms with Crippen LogP contribution in [-0.2, 0) is 19.1 Å². The number of amides is 3. The average molecular weight is 530 g/mol. The van der Waals surface area contributed by atoms with E-state index in [-0.39, 0.29) is 30.4 Å². The van der Waals surface area contributed by atoms with Crippen molar-refractivity contribution in [2.45, 2.75) is 95.9 Å². The van der Waals surface area contributed by atoms with E-state index in [1.165, 1.54) is 0 Å². The molecule has 210 valence electrons. The number of nitrogens with one attached hydrogen (secondary N) is 2. The standard InChI is InChI=1S/C29H43N3O6/c1-5-28-15-16-29(38-28)23(22(28)25(34)31-20-11-13-21(14-12-20)37-6-2)27(36)32(17-9-7-8-10-18-33)24(29)26(35)30-19(3)4/h11-14,19,22-24,33H,5-10,15-18H2,1-4H3,(H,30,35)(H,31,34)/t22-,23+,24?,28+,29?/m1/s1. The van der Waals surface area contributed by atoms with E-state index >= 15 is 0 Å². The van der Waals surface area contributed by atoms with E-state index in [0.29, 0.717) is 44.5 Å². The van der Waals surface area contributed by atoms with E-state index in [4.69, 9.17) is 14.6 Å². The molecule has 2 bridgehead atoms. The van der Waals surface area contributed by atoms with E-state index in [1.807, 2.05) is 27.7 Å². The molecule has 0 saturated carbocycles. The third-order valence-corrected chi connectivity index (χ3v) is 8.38. The van der Waals surface area contributed by atoms with Crippen molar-refractivity contribution < 1.29 is 29.0 Å². The second-order valence-corrected chi connectivity index (χ2v) is 11.1. The molecule has 3 aliphatic heterocycles. The molecule has 9 nitrogen and oxygen atoms in total. The summed E-state index contributed by atoms with van der Waals surface area (Å²) in [4.78, 5) is 43.2. The summed E-state index contributed by atoms with van der Waals surface area (Å²) in [5.41, 5.74) is -1.17. The lowest BCUT2D eigenvalue weighted by molar-refractivity contribution is -0.146. The van der Waals surface area contributed by atoms with Gasteiger partial charge in [-0.1, -0.05) is 19.8 Å². The van der Waals surface area contributed by atoms with Crippen molar-refractivity contribution in [3.05, 3.63) is 24.3 Å². The second-order valence-electron chi connectivity index (χ2n) is 11.1. The molecule has 3 fully saturated rings. The number of ether oxygens (including phenoxy) is 2. The second kappa shape index (κ2) is 11.6. The molecule has 0 aromatic heterocycles. The van der Waals surface area contributed by atoms with Crippen LogP contribution in [-0.4, -0.2) is 70.8 Å². The molecule has 0 aliphatic carbocycles. The Balaban J connectivity index is 1.62. The van der Waals surface area contributed by atoms with Crippen LogP contribution < -0.4 is 15.4 Å². The third-order valence-electron chi connectivity index (χ3n) is 8.38. The molecule has 3 N–H and O–H groups in total. The van der Waals surface area contributed by atoms with Crippen LogP contribution in [0.4, 0.5) is 5.69 Å². The molecule has 5 atom stereocenters. The quantitative estimate of drug-likeness (QED) is 0.338. The fourth-order valence-electron chi connectivity index (χ4n) is 6.79. The van der Waals surface area contributed by atoms with Crippen molar-refractivity contribution in [2.75, 3.05) is 25.1 Å². The van der Waals surface area contributed by atoms with Crippen LogP contribution in [0, 0.1) is 11.8 Å². The molecule has 9 heteroatoms. The first kappa shape index (κ1) is 28.4. The van der Waals surface area contributed by atoms with Crippen LogP contribution in [0.3, 0.4) is 0 Å². The van der Waals surface area contributed by atoms with E-state index in [1.54, 1.807) is 29.2 Å². The van der Waals surface area contributed by atoms with Gasteiger partial charge in [0.15, 0.2) is 0 Å². The van der Waals surface area contributed by atoms with Crippen LogP contribution in [0.15, 0.2) is 24.3 Å². The van der Waals surface area contributed by atoms with Gasteiger partial charge in [0, 0.05) is 24.9 Å². The number of fused-ring (bicyclic) bond motifs is 1. The topological polar surface area (TPSA) is 117 Å². The Hall–Kier alpha value is -2.65. The number of rotatable bonds is 13. The molecule has 1 aromatic rings. The van der Waals surface area contributed by atoms with Gasteiger partial charge in [0.1, 0.15) is 17.4 Å². The lowest BCUT2D eigenvalue weighted by atomic mass is 9.65. The van der Waals surface area contributed by atoms with Crippen LogP contribution >= 0.6 is 0 Å². The zero-order chi connectivity index (χ0) is 27.5. The summed E-state index contributed by atoms with van der Waals surface area (Å²) in [5, 5.41) is 15.1. The predicted molar refractivity (Wildman–Crippen MR) is 144 cm³/mol. The minimum Gasteiger partial charge on any atom is -0.494 e. The molecule has 0 radical (unpaired) electrons. The Morgan fingerprint density at radius 1 is 1.11 bits per heavy atom. The minimum atomic E-state index is -1.02. The highest BCUT2D eigenvalue weighted by molar-refractivity contribution is 6.02. The molecule has 1 spiro atoms. The molecule has 4 rings (SSSR count). The average Bonchev–Trinajstić information content (AvgIpc) is 3.48. The monoisotopic (exact) mass is 529 g/mol. The number of benzene rings is 1. The van der Waals surface area contributed by atoms with Gasteiger partial charge >= 0.3 is 0 Å². The molecule has 3 aliphatic rings. The lowest BCUT2D eigenvalue weighted by Gasteiger charge is -2.34. The van der Waals surface area contributed by atoms with Gasteiger partial charge in [-0.05, 0) is 77.1 Å². The molecule has 3 saturated heterocycles. The molecule has 38 heavy (non-hydrogen) atoms. The first-order valence-corrected chi connectivity index (χ1v) is 14.2.